The second-order valence-corrected chi connectivity index (χ2v) is 5.80. The van der Waals surface area contributed by atoms with Crippen LogP contribution in [-0.2, 0) is 5.75 Å². The Morgan fingerprint density at radius 3 is 2.91 bits per heavy atom. The molecule has 3 rings (SSSR count). The Labute approximate surface area is 135 Å². The third-order valence-electron chi connectivity index (χ3n) is 3.17. The van der Waals surface area contributed by atoms with Crippen molar-refractivity contribution in [1.82, 2.24) is 10.3 Å². The van der Waals surface area contributed by atoms with Gasteiger partial charge in [0.1, 0.15) is 11.4 Å². The van der Waals surface area contributed by atoms with E-state index in [1.165, 1.54) is 11.8 Å². The standard InChI is InChI=1S/C14H14N4O4S/c1-2-5-15-10-7-11(23-8-9-4-3-6-21-9)12-13(17-22-16-12)14(10)18(19)20/h3-4,6-7,15H,2,5,8H2,1H3. The first-order valence-electron chi connectivity index (χ1n) is 7.03. The van der Waals surface area contributed by atoms with Crippen LogP contribution in [0, 0.1) is 10.1 Å². The second-order valence-electron chi connectivity index (χ2n) is 4.78. The van der Waals surface area contributed by atoms with Gasteiger partial charge in [0, 0.05) is 11.4 Å². The minimum absolute atomic E-state index is 0.114. The molecule has 1 N–H and O–H groups in total. The average molecular weight is 334 g/mol. The number of furan rings is 1. The van der Waals surface area contributed by atoms with E-state index in [1.54, 1.807) is 12.3 Å². The Bertz CT molecular complexity index is 816. The predicted octanol–water partition coefficient (Wildman–Crippen LogP) is 3.84. The minimum Gasteiger partial charge on any atom is -0.468 e. The van der Waals surface area contributed by atoms with Gasteiger partial charge < -0.3 is 9.73 Å². The zero-order valence-corrected chi connectivity index (χ0v) is 13.1. The van der Waals surface area contributed by atoms with Crippen LogP contribution in [0.4, 0.5) is 11.4 Å². The van der Waals surface area contributed by atoms with E-state index in [9.17, 15) is 10.1 Å². The van der Waals surface area contributed by atoms with Crippen LogP contribution < -0.4 is 5.32 Å². The monoisotopic (exact) mass is 334 g/mol. The van der Waals surface area contributed by atoms with E-state index < -0.39 is 4.92 Å². The first-order chi connectivity index (χ1) is 11.2. The molecular weight excluding hydrogens is 320 g/mol. The van der Waals surface area contributed by atoms with E-state index in [0.29, 0.717) is 23.5 Å². The molecule has 0 bridgehead atoms. The van der Waals surface area contributed by atoms with Crippen LogP contribution in [0.15, 0.2) is 38.4 Å². The molecule has 8 nitrogen and oxygen atoms in total. The van der Waals surface area contributed by atoms with Gasteiger partial charge in [-0.25, -0.2) is 4.63 Å². The molecule has 0 aliphatic rings. The predicted molar refractivity (Wildman–Crippen MR) is 85.5 cm³/mol. The van der Waals surface area contributed by atoms with Crippen molar-refractivity contribution in [2.75, 3.05) is 11.9 Å². The molecule has 0 saturated heterocycles. The average Bonchev–Trinajstić information content (AvgIpc) is 3.21. The number of hydrogen-bond acceptors (Lipinski definition) is 8. The van der Waals surface area contributed by atoms with E-state index in [0.717, 1.165) is 17.1 Å². The molecule has 0 radical (unpaired) electrons. The van der Waals surface area contributed by atoms with Gasteiger partial charge in [-0.05, 0) is 34.9 Å². The zero-order chi connectivity index (χ0) is 16.2. The number of nitrogens with zero attached hydrogens (tertiary/aromatic N) is 3. The lowest BCUT2D eigenvalue weighted by molar-refractivity contribution is -0.382. The molecule has 9 heteroatoms. The van der Waals surface area contributed by atoms with E-state index in [4.69, 9.17) is 9.05 Å². The summed E-state index contributed by atoms with van der Waals surface area (Å²) in [5, 5.41) is 22.0. The summed E-state index contributed by atoms with van der Waals surface area (Å²) < 4.78 is 10.0. The molecule has 0 saturated carbocycles. The highest BCUT2D eigenvalue weighted by molar-refractivity contribution is 7.98. The fraction of sp³-hybridized carbons (Fsp3) is 0.286. The lowest BCUT2D eigenvalue weighted by Crippen LogP contribution is -2.04. The van der Waals surface area contributed by atoms with Crippen molar-refractivity contribution in [2.45, 2.75) is 24.0 Å². The molecule has 120 valence electrons. The number of nitrogens with one attached hydrogen (secondary N) is 1. The number of aromatic nitrogens is 2. The number of benzene rings is 1. The third-order valence-corrected chi connectivity index (χ3v) is 4.23. The molecular formula is C14H14N4O4S. The van der Waals surface area contributed by atoms with Gasteiger partial charge in [-0.3, -0.25) is 10.1 Å². The lowest BCUT2D eigenvalue weighted by Gasteiger charge is -2.08. The zero-order valence-electron chi connectivity index (χ0n) is 12.3. The van der Waals surface area contributed by atoms with Crippen LogP contribution in [-0.4, -0.2) is 21.8 Å². The van der Waals surface area contributed by atoms with Gasteiger partial charge in [-0.1, -0.05) is 6.92 Å². The van der Waals surface area contributed by atoms with Crippen LogP contribution >= 0.6 is 11.8 Å². The Morgan fingerprint density at radius 1 is 1.39 bits per heavy atom. The highest BCUT2D eigenvalue weighted by Crippen LogP contribution is 2.39. The summed E-state index contributed by atoms with van der Waals surface area (Å²) in [7, 11) is 0. The Hall–Kier alpha value is -2.55. The molecule has 2 aromatic heterocycles. The Balaban J connectivity index is 2.01. The number of nitro benzene ring substituents is 1. The summed E-state index contributed by atoms with van der Waals surface area (Å²) in [5.41, 5.74) is 0.840. The smallest absolute Gasteiger partial charge is 0.323 e. The van der Waals surface area contributed by atoms with Gasteiger partial charge in [0.25, 0.3) is 0 Å². The van der Waals surface area contributed by atoms with Crippen molar-refractivity contribution in [3.05, 3.63) is 40.3 Å². The van der Waals surface area contributed by atoms with E-state index in [-0.39, 0.29) is 11.2 Å². The highest BCUT2D eigenvalue weighted by atomic mass is 32.2. The second kappa shape index (κ2) is 6.69. The summed E-state index contributed by atoms with van der Waals surface area (Å²) >= 11 is 1.46. The molecule has 2 heterocycles. The normalized spacial score (nSPS) is 11.0. The van der Waals surface area contributed by atoms with Crippen LogP contribution in [0.2, 0.25) is 0 Å². The lowest BCUT2D eigenvalue weighted by atomic mass is 10.2. The van der Waals surface area contributed by atoms with E-state index in [1.807, 2.05) is 19.1 Å². The fourth-order valence-electron chi connectivity index (χ4n) is 2.13. The Morgan fingerprint density at radius 2 is 2.22 bits per heavy atom. The van der Waals surface area contributed by atoms with Crippen LogP contribution in [0.1, 0.15) is 19.1 Å². The summed E-state index contributed by atoms with van der Waals surface area (Å²) in [4.78, 5) is 11.7. The molecule has 0 atom stereocenters. The SMILES string of the molecule is CCCNc1cc(SCc2ccco2)c2nonc2c1[N+](=O)[O-]. The molecule has 3 aromatic rings. The first kappa shape index (κ1) is 15.3. The van der Waals surface area contributed by atoms with Gasteiger partial charge in [-0.15, -0.1) is 11.8 Å². The first-order valence-corrected chi connectivity index (χ1v) is 8.02. The summed E-state index contributed by atoms with van der Waals surface area (Å²) in [6, 6.07) is 5.40. The van der Waals surface area contributed by atoms with Crippen molar-refractivity contribution in [3.63, 3.8) is 0 Å². The van der Waals surface area contributed by atoms with E-state index in [2.05, 4.69) is 15.6 Å². The molecule has 23 heavy (non-hydrogen) atoms. The van der Waals surface area contributed by atoms with Crippen molar-refractivity contribution in [1.29, 1.82) is 0 Å². The van der Waals surface area contributed by atoms with Gasteiger partial charge in [0.15, 0.2) is 5.52 Å². The van der Waals surface area contributed by atoms with Gasteiger partial charge in [0.2, 0.25) is 5.52 Å². The molecule has 0 amide bonds. The van der Waals surface area contributed by atoms with E-state index >= 15 is 0 Å². The van der Waals surface area contributed by atoms with Crippen LogP contribution in [0.3, 0.4) is 0 Å². The number of hydrogen-bond donors (Lipinski definition) is 1. The Kier molecular flexibility index (Phi) is 4.47. The maximum Gasteiger partial charge on any atom is 0.323 e. The number of nitro groups is 1. The number of anilines is 1. The summed E-state index contributed by atoms with van der Waals surface area (Å²) in [5.74, 6) is 1.39. The topological polar surface area (TPSA) is 107 Å². The highest BCUT2D eigenvalue weighted by Gasteiger charge is 2.25. The fourth-order valence-corrected chi connectivity index (χ4v) is 3.07. The summed E-state index contributed by atoms with van der Waals surface area (Å²) in [6.07, 6.45) is 2.45. The number of fused-ring (bicyclic) bond motifs is 1. The maximum atomic E-state index is 11.4. The van der Waals surface area contributed by atoms with Crippen LogP contribution in [0.25, 0.3) is 11.0 Å². The quantitative estimate of drug-likeness (QED) is 0.394. The molecule has 0 unspecified atom stereocenters. The van der Waals surface area contributed by atoms with Gasteiger partial charge in [-0.2, -0.15) is 0 Å². The van der Waals surface area contributed by atoms with Gasteiger partial charge in [0.05, 0.1) is 16.9 Å². The van der Waals surface area contributed by atoms with Crippen molar-refractivity contribution < 1.29 is 14.0 Å². The van der Waals surface area contributed by atoms with Crippen molar-refractivity contribution in [2.24, 2.45) is 0 Å². The van der Waals surface area contributed by atoms with Crippen molar-refractivity contribution >= 4 is 34.2 Å². The van der Waals surface area contributed by atoms with Crippen LogP contribution in [0.5, 0.6) is 0 Å². The summed E-state index contributed by atoms with van der Waals surface area (Å²) in [6.45, 7) is 2.61. The maximum absolute atomic E-state index is 11.4. The molecule has 0 aliphatic heterocycles. The number of thioether (sulfide) groups is 1. The molecule has 0 spiro atoms. The molecule has 1 aromatic carbocycles. The number of rotatable bonds is 7. The van der Waals surface area contributed by atoms with Crippen molar-refractivity contribution in [3.8, 4) is 0 Å². The minimum atomic E-state index is -0.467. The molecule has 0 aliphatic carbocycles. The third kappa shape index (κ3) is 3.14. The molecule has 0 fully saturated rings. The van der Waals surface area contributed by atoms with Gasteiger partial charge >= 0.3 is 5.69 Å². The largest absolute Gasteiger partial charge is 0.468 e.